The van der Waals surface area contributed by atoms with E-state index < -0.39 is 5.82 Å². The van der Waals surface area contributed by atoms with E-state index in [4.69, 9.17) is 9.72 Å². The molecule has 0 bridgehead atoms. The van der Waals surface area contributed by atoms with E-state index in [1.54, 1.807) is 16.7 Å². The Morgan fingerprint density at radius 3 is 2.53 bits per heavy atom. The van der Waals surface area contributed by atoms with E-state index in [-0.39, 0.29) is 11.3 Å². The highest BCUT2D eigenvalue weighted by atomic mass is 32.2. The molecular formula is C24H21FN2O2S. The van der Waals surface area contributed by atoms with Crippen LogP contribution in [0, 0.1) is 5.82 Å². The largest absolute Gasteiger partial charge is 0.494 e. The van der Waals surface area contributed by atoms with Crippen molar-refractivity contribution in [2.24, 2.45) is 0 Å². The highest BCUT2D eigenvalue weighted by Crippen LogP contribution is 2.25. The number of nitrogens with zero attached hydrogens (tertiary/aromatic N) is 2. The molecular weight excluding hydrogens is 399 g/mol. The van der Waals surface area contributed by atoms with Crippen LogP contribution in [0.2, 0.25) is 0 Å². The number of hydrogen-bond acceptors (Lipinski definition) is 4. The van der Waals surface area contributed by atoms with E-state index in [0.717, 1.165) is 17.5 Å². The molecule has 0 aliphatic heterocycles. The third-order valence-corrected chi connectivity index (χ3v) is 5.93. The summed E-state index contributed by atoms with van der Waals surface area (Å²) >= 11 is 1.43. The lowest BCUT2D eigenvalue weighted by atomic mass is 10.1. The molecule has 4 aromatic rings. The Kier molecular flexibility index (Phi) is 6.14. The van der Waals surface area contributed by atoms with Crippen LogP contribution in [0.25, 0.3) is 10.9 Å². The van der Waals surface area contributed by atoms with Gasteiger partial charge in [0.1, 0.15) is 0 Å². The molecule has 0 unspecified atom stereocenters. The average Bonchev–Trinajstić information content (AvgIpc) is 2.78. The maximum Gasteiger partial charge on any atom is 0.262 e. The molecule has 6 heteroatoms. The number of para-hydroxylation sites is 1. The summed E-state index contributed by atoms with van der Waals surface area (Å²) in [6, 6.07) is 22.3. The molecule has 0 N–H and O–H groups in total. The minimum atomic E-state index is -0.400. The number of thioether (sulfide) groups is 1. The monoisotopic (exact) mass is 420 g/mol. The molecule has 152 valence electrons. The van der Waals surface area contributed by atoms with Crippen LogP contribution >= 0.6 is 11.8 Å². The van der Waals surface area contributed by atoms with Gasteiger partial charge in [-0.1, -0.05) is 60.3 Å². The van der Waals surface area contributed by atoms with Crippen molar-refractivity contribution in [1.82, 2.24) is 9.55 Å². The van der Waals surface area contributed by atoms with Crippen LogP contribution in [-0.4, -0.2) is 16.7 Å². The van der Waals surface area contributed by atoms with Crippen LogP contribution in [-0.2, 0) is 18.7 Å². The summed E-state index contributed by atoms with van der Waals surface area (Å²) in [6.45, 7) is 0.528. The standard InChI is InChI=1S/C24H21FN2O2S/c1-29-22-12-11-18(15-20(22)25)16-30-24-26-21-10-6-5-9-19(21)23(28)27(24)14-13-17-7-3-2-4-8-17/h2-12,15H,13-14,16H2,1H3. The number of halogens is 1. The van der Waals surface area contributed by atoms with Gasteiger partial charge in [0.25, 0.3) is 5.56 Å². The topological polar surface area (TPSA) is 44.1 Å². The molecule has 4 nitrogen and oxygen atoms in total. The Morgan fingerprint density at radius 1 is 1.00 bits per heavy atom. The van der Waals surface area contributed by atoms with E-state index in [0.29, 0.717) is 28.4 Å². The Hall–Kier alpha value is -3.12. The third kappa shape index (κ3) is 4.39. The molecule has 1 heterocycles. The first kappa shape index (κ1) is 20.2. The number of methoxy groups -OCH3 is 1. The lowest BCUT2D eigenvalue weighted by molar-refractivity contribution is 0.386. The van der Waals surface area contributed by atoms with Gasteiger partial charge in [0.05, 0.1) is 18.0 Å². The summed E-state index contributed by atoms with van der Waals surface area (Å²) in [4.78, 5) is 17.9. The number of rotatable bonds is 7. The SMILES string of the molecule is COc1ccc(CSc2nc3ccccc3c(=O)n2CCc2ccccc2)cc1F. The Labute approximate surface area is 178 Å². The molecule has 0 fully saturated rings. The van der Waals surface area contributed by atoms with Gasteiger partial charge < -0.3 is 4.74 Å². The minimum Gasteiger partial charge on any atom is -0.494 e. The van der Waals surface area contributed by atoms with E-state index in [1.165, 1.54) is 24.9 Å². The Bertz CT molecular complexity index is 1230. The summed E-state index contributed by atoms with van der Waals surface area (Å²) in [6.07, 6.45) is 0.728. The van der Waals surface area contributed by atoms with Gasteiger partial charge in [-0.2, -0.15) is 0 Å². The molecule has 30 heavy (non-hydrogen) atoms. The molecule has 3 aromatic carbocycles. The van der Waals surface area contributed by atoms with E-state index in [2.05, 4.69) is 0 Å². The van der Waals surface area contributed by atoms with Crippen molar-refractivity contribution in [3.05, 3.63) is 100 Å². The van der Waals surface area contributed by atoms with Crippen LogP contribution in [0.4, 0.5) is 4.39 Å². The normalized spacial score (nSPS) is 11.0. The molecule has 0 saturated heterocycles. The molecule has 4 rings (SSSR count). The second-order valence-corrected chi connectivity index (χ2v) is 7.80. The quantitative estimate of drug-likeness (QED) is 0.309. The second kappa shape index (κ2) is 9.13. The molecule has 1 aromatic heterocycles. The number of benzene rings is 3. The smallest absolute Gasteiger partial charge is 0.262 e. The van der Waals surface area contributed by atoms with Gasteiger partial charge in [-0.05, 0) is 41.8 Å². The molecule has 0 amide bonds. The van der Waals surface area contributed by atoms with Gasteiger partial charge in [-0.3, -0.25) is 9.36 Å². The first-order valence-electron chi connectivity index (χ1n) is 9.64. The minimum absolute atomic E-state index is 0.0556. The number of ether oxygens (including phenoxy) is 1. The van der Waals surface area contributed by atoms with E-state index in [1.807, 2.05) is 54.6 Å². The van der Waals surface area contributed by atoms with Crippen molar-refractivity contribution in [1.29, 1.82) is 0 Å². The predicted molar refractivity (Wildman–Crippen MR) is 119 cm³/mol. The average molecular weight is 421 g/mol. The van der Waals surface area contributed by atoms with Gasteiger partial charge in [-0.15, -0.1) is 0 Å². The van der Waals surface area contributed by atoms with Crippen molar-refractivity contribution in [3.63, 3.8) is 0 Å². The summed E-state index contributed by atoms with van der Waals surface area (Å²) in [5, 5.41) is 1.23. The molecule has 0 spiro atoms. The van der Waals surface area contributed by atoms with E-state index >= 15 is 0 Å². The van der Waals surface area contributed by atoms with Gasteiger partial charge in [0.2, 0.25) is 0 Å². The highest BCUT2D eigenvalue weighted by Gasteiger charge is 2.12. The zero-order chi connectivity index (χ0) is 20.9. The number of aromatic nitrogens is 2. The van der Waals surface area contributed by atoms with E-state index in [9.17, 15) is 9.18 Å². The van der Waals surface area contributed by atoms with Crippen LogP contribution < -0.4 is 10.3 Å². The third-order valence-electron chi connectivity index (χ3n) is 4.88. The fourth-order valence-corrected chi connectivity index (χ4v) is 4.26. The van der Waals surface area contributed by atoms with Gasteiger partial charge in [0, 0.05) is 12.3 Å². The maximum atomic E-state index is 14.0. The Morgan fingerprint density at radius 2 is 1.77 bits per heavy atom. The lowest BCUT2D eigenvalue weighted by Gasteiger charge is -2.13. The molecule has 0 saturated carbocycles. The highest BCUT2D eigenvalue weighted by molar-refractivity contribution is 7.98. The zero-order valence-electron chi connectivity index (χ0n) is 16.5. The Balaban J connectivity index is 1.64. The van der Waals surface area contributed by atoms with Crippen molar-refractivity contribution in [2.45, 2.75) is 23.9 Å². The summed E-state index contributed by atoms with van der Waals surface area (Å²) in [7, 11) is 1.44. The number of aryl methyl sites for hydroxylation is 1. The molecule has 0 radical (unpaired) electrons. The van der Waals surface area contributed by atoms with Gasteiger partial charge in [-0.25, -0.2) is 9.37 Å². The molecule has 0 atom stereocenters. The number of fused-ring (bicyclic) bond motifs is 1. The van der Waals surface area contributed by atoms with Crippen molar-refractivity contribution in [3.8, 4) is 5.75 Å². The summed E-state index contributed by atoms with van der Waals surface area (Å²) < 4.78 is 20.7. The zero-order valence-corrected chi connectivity index (χ0v) is 17.4. The molecule has 0 aliphatic rings. The molecule has 0 aliphatic carbocycles. The van der Waals surface area contributed by atoms with Crippen LogP contribution in [0.3, 0.4) is 0 Å². The van der Waals surface area contributed by atoms with Crippen molar-refractivity contribution >= 4 is 22.7 Å². The maximum absolute atomic E-state index is 14.0. The van der Waals surface area contributed by atoms with Crippen LogP contribution in [0.5, 0.6) is 5.75 Å². The second-order valence-electron chi connectivity index (χ2n) is 6.86. The lowest BCUT2D eigenvalue weighted by Crippen LogP contribution is -2.24. The first-order valence-corrected chi connectivity index (χ1v) is 10.6. The fourth-order valence-electron chi connectivity index (χ4n) is 3.29. The van der Waals surface area contributed by atoms with Crippen molar-refractivity contribution in [2.75, 3.05) is 7.11 Å². The van der Waals surface area contributed by atoms with Crippen LogP contribution in [0.1, 0.15) is 11.1 Å². The fraction of sp³-hybridized carbons (Fsp3) is 0.167. The van der Waals surface area contributed by atoms with Crippen LogP contribution in [0.15, 0.2) is 82.7 Å². The van der Waals surface area contributed by atoms with Crippen molar-refractivity contribution < 1.29 is 9.13 Å². The van der Waals surface area contributed by atoms with Gasteiger partial charge in [0.15, 0.2) is 16.7 Å². The number of hydrogen-bond donors (Lipinski definition) is 0. The summed E-state index contributed by atoms with van der Waals surface area (Å²) in [5.41, 5.74) is 2.57. The predicted octanol–water partition coefficient (Wildman–Crippen LogP) is 5.08. The van der Waals surface area contributed by atoms with Gasteiger partial charge >= 0.3 is 0 Å². The first-order chi connectivity index (χ1) is 14.7. The summed E-state index contributed by atoms with van der Waals surface area (Å²) in [5.74, 6) is 0.313.